The number of aliphatic hydroxyl groups is 1. The quantitative estimate of drug-likeness (QED) is 0.637. The van der Waals surface area contributed by atoms with E-state index in [0.717, 1.165) is 12.5 Å². The third-order valence-electron chi connectivity index (χ3n) is 3.05. The van der Waals surface area contributed by atoms with Crippen LogP contribution in [0.1, 0.15) is 39.0 Å². The molecule has 0 radical (unpaired) electrons. The molecule has 1 fully saturated rings. The van der Waals surface area contributed by atoms with Crippen molar-refractivity contribution in [3.05, 3.63) is 0 Å². The minimum atomic E-state index is -0.754. The molecular weight excluding hydrogens is 178 g/mol. The van der Waals surface area contributed by atoms with Crippen molar-refractivity contribution in [3.63, 3.8) is 0 Å². The van der Waals surface area contributed by atoms with E-state index in [1.54, 1.807) is 6.92 Å². The van der Waals surface area contributed by atoms with E-state index >= 15 is 0 Å². The molecule has 0 aromatic carbocycles. The maximum Gasteiger partial charge on any atom is 0.0763 e. The van der Waals surface area contributed by atoms with Crippen molar-refractivity contribution < 1.29 is 9.84 Å². The zero-order chi connectivity index (χ0) is 10.4. The number of hydrogen-bond acceptors (Lipinski definition) is 3. The summed E-state index contributed by atoms with van der Waals surface area (Å²) in [5, 5.41) is 9.61. The molecule has 0 spiro atoms. The summed E-state index contributed by atoms with van der Waals surface area (Å²) in [6.45, 7) is 3.55. The standard InChI is InChI=1S/C11H23NO2/c1-11(13,9-12)6-7-14-8-10-4-2-3-5-10/h10,13H,2-9,12H2,1H3. The lowest BCUT2D eigenvalue weighted by Gasteiger charge is -2.21. The summed E-state index contributed by atoms with van der Waals surface area (Å²) in [6.07, 6.45) is 5.97. The van der Waals surface area contributed by atoms with Gasteiger partial charge >= 0.3 is 0 Å². The highest BCUT2D eigenvalue weighted by Crippen LogP contribution is 2.24. The fourth-order valence-electron chi connectivity index (χ4n) is 1.82. The molecule has 3 N–H and O–H groups in total. The maximum absolute atomic E-state index is 9.61. The minimum absolute atomic E-state index is 0.305. The lowest BCUT2D eigenvalue weighted by molar-refractivity contribution is 0.0135. The van der Waals surface area contributed by atoms with Crippen molar-refractivity contribution in [2.75, 3.05) is 19.8 Å². The highest BCUT2D eigenvalue weighted by Gasteiger charge is 2.18. The molecule has 1 unspecified atom stereocenters. The van der Waals surface area contributed by atoms with Crippen LogP contribution in [0.5, 0.6) is 0 Å². The summed E-state index contributed by atoms with van der Waals surface area (Å²) in [5.41, 5.74) is 4.65. The van der Waals surface area contributed by atoms with Crippen LogP contribution in [0.4, 0.5) is 0 Å². The van der Waals surface area contributed by atoms with Gasteiger partial charge in [-0.3, -0.25) is 0 Å². The third-order valence-corrected chi connectivity index (χ3v) is 3.05. The number of hydrogen-bond donors (Lipinski definition) is 2. The van der Waals surface area contributed by atoms with Gasteiger partial charge in [-0.15, -0.1) is 0 Å². The molecule has 84 valence electrons. The van der Waals surface area contributed by atoms with E-state index in [1.807, 2.05) is 0 Å². The fourth-order valence-corrected chi connectivity index (χ4v) is 1.82. The van der Waals surface area contributed by atoms with Gasteiger partial charge in [-0.1, -0.05) is 12.8 Å². The zero-order valence-corrected chi connectivity index (χ0v) is 9.17. The second kappa shape index (κ2) is 5.69. The topological polar surface area (TPSA) is 55.5 Å². The van der Waals surface area contributed by atoms with Crippen LogP contribution in [0, 0.1) is 5.92 Å². The molecule has 1 aliphatic carbocycles. The molecule has 1 aliphatic rings. The number of nitrogens with two attached hydrogens (primary N) is 1. The van der Waals surface area contributed by atoms with Gasteiger partial charge in [0, 0.05) is 26.2 Å². The molecule has 3 nitrogen and oxygen atoms in total. The molecule has 0 heterocycles. The SMILES string of the molecule is CC(O)(CN)CCOCC1CCCC1. The molecule has 1 rings (SSSR count). The Labute approximate surface area is 86.6 Å². The Balaban J connectivity index is 1.98. The average Bonchev–Trinajstić information content (AvgIpc) is 2.65. The maximum atomic E-state index is 9.61. The van der Waals surface area contributed by atoms with Crippen LogP contribution < -0.4 is 5.73 Å². The molecule has 0 saturated heterocycles. The average molecular weight is 201 g/mol. The Bertz CT molecular complexity index is 153. The smallest absolute Gasteiger partial charge is 0.0763 e. The molecule has 14 heavy (non-hydrogen) atoms. The third kappa shape index (κ3) is 4.40. The minimum Gasteiger partial charge on any atom is -0.389 e. The number of rotatable bonds is 6. The van der Waals surface area contributed by atoms with Gasteiger partial charge in [0.1, 0.15) is 0 Å². The van der Waals surface area contributed by atoms with E-state index in [2.05, 4.69) is 0 Å². The molecule has 0 aromatic rings. The molecule has 3 heteroatoms. The van der Waals surface area contributed by atoms with E-state index in [-0.39, 0.29) is 0 Å². The van der Waals surface area contributed by atoms with E-state index in [0.29, 0.717) is 19.6 Å². The molecular formula is C11H23NO2. The summed E-state index contributed by atoms with van der Waals surface area (Å²) in [7, 11) is 0. The second-order valence-electron chi connectivity index (χ2n) is 4.68. The first-order chi connectivity index (χ1) is 6.64. The van der Waals surface area contributed by atoms with Crippen molar-refractivity contribution in [2.45, 2.75) is 44.6 Å². The van der Waals surface area contributed by atoms with E-state index in [1.165, 1.54) is 25.7 Å². The molecule has 1 atom stereocenters. The zero-order valence-electron chi connectivity index (χ0n) is 9.17. The van der Waals surface area contributed by atoms with Crippen LogP contribution in [0.15, 0.2) is 0 Å². The van der Waals surface area contributed by atoms with Crippen molar-refractivity contribution >= 4 is 0 Å². The van der Waals surface area contributed by atoms with Crippen molar-refractivity contribution in [1.82, 2.24) is 0 Å². The summed E-state index contributed by atoms with van der Waals surface area (Å²) < 4.78 is 5.54. The molecule has 0 bridgehead atoms. The van der Waals surface area contributed by atoms with E-state index < -0.39 is 5.60 Å². The van der Waals surface area contributed by atoms with Gasteiger partial charge in [-0.25, -0.2) is 0 Å². The van der Waals surface area contributed by atoms with Gasteiger partial charge in [0.2, 0.25) is 0 Å². The van der Waals surface area contributed by atoms with Crippen molar-refractivity contribution in [2.24, 2.45) is 11.7 Å². The highest BCUT2D eigenvalue weighted by molar-refractivity contribution is 4.73. The van der Waals surface area contributed by atoms with Crippen LogP contribution >= 0.6 is 0 Å². The van der Waals surface area contributed by atoms with Crippen LogP contribution in [0.2, 0.25) is 0 Å². The Morgan fingerprint density at radius 1 is 1.43 bits per heavy atom. The molecule has 0 aromatic heterocycles. The molecule has 0 aliphatic heterocycles. The lowest BCUT2D eigenvalue weighted by Crippen LogP contribution is -2.35. The van der Waals surface area contributed by atoms with Gasteiger partial charge in [0.05, 0.1) is 5.60 Å². The van der Waals surface area contributed by atoms with Gasteiger partial charge < -0.3 is 15.6 Å². The van der Waals surface area contributed by atoms with E-state index in [4.69, 9.17) is 10.5 Å². The van der Waals surface area contributed by atoms with Crippen molar-refractivity contribution in [3.8, 4) is 0 Å². The van der Waals surface area contributed by atoms with Crippen molar-refractivity contribution in [1.29, 1.82) is 0 Å². The Morgan fingerprint density at radius 2 is 2.07 bits per heavy atom. The van der Waals surface area contributed by atoms with Crippen LogP contribution in [-0.2, 0) is 4.74 Å². The number of ether oxygens (including phenoxy) is 1. The summed E-state index contributed by atoms with van der Waals surface area (Å²) in [4.78, 5) is 0. The summed E-state index contributed by atoms with van der Waals surface area (Å²) in [6, 6.07) is 0. The van der Waals surface area contributed by atoms with Crippen LogP contribution in [-0.4, -0.2) is 30.5 Å². The summed E-state index contributed by atoms with van der Waals surface area (Å²) in [5.74, 6) is 0.762. The monoisotopic (exact) mass is 201 g/mol. The normalized spacial score (nSPS) is 22.5. The lowest BCUT2D eigenvalue weighted by atomic mass is 10.0. The largest absolute Gasteiger partial charge is 0.389 e. The predicted molar refractivity (Wildman–Crippen MR) is 57.1 cm³/mol. The predicted octanol–water partition coefficient (Wildman–Crippen LogP) is 1.29. The van der Waals surface area contributed by atoms with Gasteiger partial charge in [-0.05, 0) is 25.7 Å². The highest BCUT2D eigenvalue weighted by atomic mass is 16.5. The Hall–Kier alpha value is -0.120. The fraction of sp³-hybridized carbons (Fsp3) is 1.00. The second-order valence-corrected chi connectivity index (χ2v) is 4.68. The van der Waals surface area contributed by atoms with Gasteiger partial charge in [-0.2, -0.15) is 0 Å². The van der Waals surface area contributed by atoms with Crippen LogP contribution in [0.3, 0.4) is 0 Å². The first-order valence-corrected chi connectivity index (χ1v) is 5.64. The Morgan fingerprint density at radius 3 is 2.64 bits per heavy atom. The van der Waals surface area contributed by atoms with Crippen LogP contribution in [0.25, 0.3) is 0 Å². The molecule has 0 amide bonds. The first kappa shape index (κ1) is 12.0. The van der Waals surface area contributed by atoms with E-state index in [9.17, 15) is 5.11 Å². The van der Waals surface area contributed by atoms with Gasteiger partial charge in [0.25, 0.3) is 0 Å². The van der Waals surface area contributed by atoms with Gasteiger partial charge in [0.15, 0.2) is 0 Å². The Kier molecular flexibility index (Phi) is 4.85. The molecule has 1 saturated carbocycles. The summed E-state index contributed by atoms with van der Waals surface area (Å²) >= 11 is 0. The first-order valence-electron chi connectivity index (χ1n) is 5.64.